The first-order valence-electron chi connectivity index (χ1n) is 5.79. The maximum Gasteiger partial charge on any atom is 0.303 e. The number of nitrogens with zero attached hydrogens (tertiary/aromatic N) is 1. The number of carbonyl (C=O) groups is 1. The lowest BCUT2D eigenvalue weighted by molar-refractivity contribution is -0.136. The summed E-state index contributed by atoms with van der Waals surface area (Å²) in [4.78, 5) is 14.7. The Kier molecular flexibility index (Phi) is 4.94. The predicted molar refractivity (Wildman–Crippen MR) is 65.3 cm³/mol. The Labute approximate surface area is 102 Å². The van der Waals surface area contributed by atoms with Gasteiger partial charge in [0.1, 0.15) is 5.75 Å². The smallest absolute Gasteiger partial charge is 0.303 e. The third-order valence-corrected chi connectivity index (χ3v) is 2.41. The Hall–Kier alpha value is -1.58. The third kappa shape index (κ3) is 4.43. The van der Waals surface area contributed by atoms with Gasteiger partial charge in [0, 0.05) is 23.9 Å². The van der Waals surface area contributed by atoms with Gasteiger partial charge in [0.15, 0.2) is 0 Å². The number of hydrogen-bond donors (Lipinski definition) is 1. The predicted octanol–water partition coefficient (Wildman–Crippen LogP) is 2.44. The molecule has 4 nitrogen and oxygen atoms in total. The summed E-state index contributed by atoms with van der Waals surface area (Å²) in [7, 11) is 0. The molecule has 0 atom stereocenters. The summed E-state index contributed by atoms with van der Waals surface area (Å²) in [6.45, 7) is 6.74. The highest BCUT2D eigenvalue weighted by atomic mass is 16.5. The highest BCUT2D eigenvalue weighted by Gasteiger charge is 2.08. The molecule has 4 heteroatoms. The van der Waals surface area contributed by atoms with E-state index in [4.69, 9.17) is 9.84 Å². The minimum absolute atomic E-state index is 0.0987. The lowest BCUT2D eigenvalue weighted by Crippen LogP contribution is -2.07. The number of aliphatic carboxylic acids is 1. The van der Waals surface area contributed by atoms with E-state index in [0.717, 1.165) is 17.0 Å². The number of pyridine rings is 1. The number of rotatable bonds is 6. The van der Waals surface area contributed by atoms with Crippen molar-refractivity contribution >= 4 is 5.97 Å². The molecule has 1 aromatic rings. The van der Waals surface area contributed by atoms with Gasteiger partial charge in [0.2, 0.25) is 0 Å². The van der Waals surface area contributed by atoms with Crippen LogP contribution in [0.15, 0.2) is 12.3 Å². The second kappa shape index (κ2) is 6.23. The summed E-state index contributed by atoms with van der Waals surface area (Å²) < 4.78 is 5.66. The van der Waals surface area contributed by atoms with E-state index in [2.05, 4.69) is 18.8 Å². The van der Waals surface area contributed by atoms with Gasteiger partial charge in [0.25, 0.3) is 0 Å². The number of aromatic nitrogens is 1. The molecule has 0 aliphatic heterocycles. The van der Waals surface area contributed by atoms with Crippen LogP contribution in [0.3, 0.4) is 0 Å². The number of hydrogen-bond acceptors (Lipinski definition) is 3. The van der Waals surface area contributed by atoms with E-state index in [0.29, 0.717) is 18.9 Å². The van der Waals surface area contributed by atoms with Crippen molar-refractivity contribution in [2.75, 3.05) is 6.61 Å². The molecule has 0 aliphatic carbocycles. The molecule has 0 aromatic carbocycles. The van der Waals surface area contributed by atoms with Gasteiger partial charge in [-0.15, -0.1) is 0 Å². The van der Waals surface area contributed by atoms with Crippen LogP contribution in [0.25, 0.3) is 0 Å². The number of carboxylic acids is 1. The Morgan fingerprint density at radius 1 is 1.53 bits per heavy atom. The maximum absolute atomic E-state index is 10.5. The largest absolute Gasteiger partial charge is 0.493 e. The molecule has 0 radical (unpaired) electrons. The van der Waals surface area contributed by atoms with Crippen LogP contribution in [0, 0.1) is 12.8 Å². The van der Waals surface area contributed by atoms with Gasteiger partial charge in [-0.05, 0) is 18.9 Å². The number of carboxylic acid groups (broad SMARTS) is 1. The first kappa shape index (κ1) is 13.5. The average molecular weight is 237 g/mol. The standard InChI is InChI=1S/C13H19NO3/c1-9(2)8-17-12-6-7-14-11(10(12)3)4-5-13(15)16/h6-7,9H,4-5,8H2,1-3H3,(H,15,16). The highest BCUT2D eigenvalue weighted by Crippen LogP contribution is 2.21. The molecule has 0 fully saturated rings. The van der Waals surface area contributed by atoms with Crippen molar-refractivity contribution in [2.24, 2.45) is 5.92 Å². The Morgan fingerprint density at radius 2 is 2.24 bits per heavy atom. The molecule has 1 aromatic heterocycles. The van der Waals surface area contributed by atoms with Crippen molar-refractivity contribution in [3.05, 3.63) is 23.5 Å². The number of aryl methyl sites for hydroxylation is 1. The molecule has 0 saturated heterocycles. The fourth-order valence-electron chi connectivity index (χ4n) is 1.45. The van der Waals surface area contributed by atoms with Crippen LogP contribution >= 0.6 is 0 Å². The monoisotopic (exact) mass is 237 g/mol. The zero-order valence-corrected chi connectivity index (χ0v) is 10.6. The fraction of sp³-hybridized carbons (Fsp3) is 0.538. The van der Waals surface area contributed by atoms with Crippen LogP contribution in [-0.2, 0) is 11.2 Å². The van der Waals surface area contributed by atoms with Crippen LogP contribution in [0.5, 0.6) is 5.75 Å². The Balaban J connectivity index is 2.72. The molecule has 1 rings (SSSR count). The summed E-state index contributed by atoms with van der Waals surface area (Å²) in [5, 5.41) is 8.65. The minimum atomic E-state index is -0.806. The second-order valence-corrected chi connectivity index (χ2v) is 4.48. The van der Waals surface area contributed by atoms with Crippen molar-refractivity contribution < 1.29 is 14.6 Å². The molecule has 1 N–H and O–H groups in total. The quantitative estimate of drug-likeness (QED) is 0.825. The summed E-state index contributed by atoms with van der Waals surface area (Å²) in [6, 6.07) is 1.82. The fourth-order valence-corrected chi connectivity index (χ4v) is 1.45. The van der Waals surface area contributed by atoms with Gasteiger partial charge in [-0.2, -0.15) is 0 Å². The lowest BCUT2D eigenvalue weighted by atomic mass is 10.1. The van der Waals surface area contributed by atoms with Crippen LogP contribution in [0.1, 0.15) is 31.5 Å². The molecule has 0 amide bonds. The average Bonchev–Trinajstić information content (AvgIpc) is 2.25. The molecule has 1 heterocycles. The molecule has 0 unspecified atom stereocenters. The van der Waals surface area contributed by atoms with Crippen molar-refractivity contribution in [1.82, 2.24) is 4.98 Å². The van der Waals surface area contributed by atoms with E-state index in [1.807, 2.05) is 13.0 Å². The molecular formula is C13H19NO3. The lowest BCUT2D eigenvalue weighted by Gasteiger charge is -2.13. The van der Waals surface area contributed by atoms with Gasteiger partial charge in [-0.3, -0.25) is 9.78 Å². The Morgan fingerprint density at radius 3 is 2.82 bits per heavy atom. The van der Waals surface area contributed by atoms with Gasteiger partial charge < -0.3 is 9.84 Å². The molecule has 0 bridgehead atoms. The summed E-state index contributed by atoms with van der Waals surface area (Å²) in [5.41, 5.74) is 1.74. The van der Waals surface area contributed by atoms with E-state index >= 15 is 0 Å². The van der Waals surface area contributed by atoms with Crippen LogP contribution in [0.2, 0.25) is 0 Å². The summed E-state index contributed by atoms with van der Waals surface area (Å²) in [6.07, 6.45) is 2.21. The van der Waals surface area contributed by atoms with Gasteiger partial charge >= 0.3 is 5.97 Å². The first-order chi connectivity index (χ1) is 8.00. The van der Waals surface area contributed by atoms with Gasteiger partial charge in [-0.25, -0.2) is 0 Å². The minimum Gasteiger partial charge on any atom is -0.493 e. The highest BCUT2D eigenvalue weighted by molar-refractivity contribution is 5.67. The van der Waals surface area contributed by atoms with E-state index in [1.54, 1.807) is 6.20 Å². The number of ether oxygens (including phenoxy) is 1. The van der Waals surface area contributed by atoms with Crippen LogP contribution < -0.4 is 4.74 Å². The van der Waals surface area contributed by atoms with E-state index in [1.165, 1.54) is 0 Å². The Bertz CT molecular complexity index is 388. The van der Waals surface area contributed by atoms with Crippen molar-refractivity contribution in [3.63, 3.8) is 0 Å². The molecule has 17 heavy (non-hydrogen) atoms. The normalized spacial score (nSPS) is 10.6. The van der Waals surface area contributed by atoms with Crippen molar-refractivity contribution in [2.45, 2.75) is 33.6 Å². The molecule has 0 spiro atoms. The van der Waals surface area contributed by atoms with Crippen LogP contribution in [-0.4, -0.2) is 22.7 Å². The molecule has 0 saturated carbocycles. The van der Waals surface area contributed by atoms with Crippen molar-refractivity contribution in [3.8, 4) is 5.75 Å². The van der Waals surface area contributed by atoms with E-state index in [9.17, 15) is 4.79 Å². The van der Waals surface area contributed by atoms with Crippen molar-refractivity contribution in [1.29, 1.82) is 0 Å². The van der Waals surface area contributed by atoms with E-state index < -0.39 is 5.97 Å². The zero-order chi connectivity index (χ0) is 12.8. The zero-order valence-electron chi connectivity index (χ0n) is 10.6. The molecule has 0 aliphatic rings. The second-order valence-electron chi connectivity index (χ2n) is 4.48. The van der Waals surface area contributed by atoms with E-state index in [-0.39, 0.29) is 6.42 Å². The SMILES string of the molecule is Cc1c(OCC(C)C)ccnc1CCC(=O)O. The maximum atomic E-state index is 10.5. The molecule has 94 valence electrons. The summed E-state index contributed by atoms with van der Waals surface area (Å²) >= 11 is 0. The topological polar surface area (TPSA) is 59.4 Å². The van der Waals surface area contributed by atoms with Gasteiger partial charge in [-0.1, -0.05) is 13.8 Å². The third-order valence-electron chi connectivity index (χ3n) is 2.41. The van der Waals surface area contributed by atoms with Gasteiger partial charge in [0.05, 0.1) is 13.0 Å². The van der Waals surface area contributed by atoms with Crippen LogP contribution in [0.4, 0.5) is 0 Å². The summed E-state index contributed by atoms with van der Waals surface area (Å²) in [5.74, 6) is 0.457. The molecular weight excluding hydrogens is 218 g/mol. The first-order valence-corrected chi connectivity index (χ1v) is 5.79.